The molecule has 0 radical (unpaired) electrons. The maximum absolute atomic E-state index is 11.9. The van der Waals surface area contributed by atoms with Crippen LogP contribution in [0.4, 0.5) is 8.39 Å². The molecule has 0 bridgehead atoms. The first-order valence-corrected chi connectivity index (χ1v) is 6.12. The van der Waals surface area contributed by atoms with Crippen molar-refractivity contribution in [3.05, 3.63) is 0 Å². The van der Waals surface area contributed by atoms with Crippen LogP contribution in [0.2, 0.25) is 0 Å². The van der Waals surface area contributed by atoms with Gasteiger partial charge in [0.2, 0.25) is 0 Å². The maximum atomic E-state index is 11.9. The molecule has 0 aliphatic heterocycles. The van der Waals surface area contributed by atoms with Gasteiger partial charge < -0.3 is 0 Å². The largest absolute Gasteiger partial charge is 0.497 e. The van der Waals surface area contributed by atoms with E-state index in [1.807, 2.05) is 0 Å². The lowest BCUT2D eigenvalue weighted by molar-refractivity contribution is 0.430. The summed E-state index contributed by atoms with van der Waals surface area (Å²) in [5.74, 6) is 0. The van der Waals surface area contributed by atoms with Gasteiger partial charge in [-0.1, -0.05) is 11.0 Å². The minimum atomic E-state index is -5.78. The molecule has 0 aliphatic carbocycles. The summed E-state index contributed by atoms with van der Waals surface area (Å²) in [7, 11) is -5.83. The third kappa shape index (κ3) is 3.46. The Hall–Kier alpha value is 0.290. The van der Waals surface area contributed by atoms with Crippen LogP contribution >= 0.6 is 18.6 Å². The van der Waals surface area contributed by atoms with Crippen LogP contribution in [0.15, 0.2) is 0 Å². The van der Waals surface area contributed by atoms with Gasteiger partial charge in [-0.2, -0.15) is 8.42 Å². The van der Waals surface area contributed by atoms with Gasteiger partial charge in [-0.3, -0.25) is 0 Å². The molecule has 0 saturated carbocycles. The first-order chi connectivity index (χ1) is 4.69. The monoisotopic (exact) mass is 227 g/mol. The molecule has 0 saturated heterocycles. The van der Waals surface area contributed by atoms with E-state index in [0.29, 0.717) is 0 Å². The zero-order valence-electron chi connectivity index (χ0n) is 5.37. The number of hydrogen-bond acceptors (Lipinski definition) is 3. The molecule has 0 aromatic heterocycles. The Balaban J connectivity index is 4.88. The Kier molecular flexibility index (Phi) is 3.43. The summed E-state index contributed by atoms with van der Waals surface area (Å²) < 4.78 is 53.7. The van der Waals surface area contributed by atoms with Gasteiger partial charge in [0.15, 0.2) is 0 Å². The van der Waals surface area contributed by atoms with Crippen LogP contribution in [0.5, 0.6) is 0 Å². The van der Waals surface area contributed by atoms with Crippen molar-refractivity contribution in [1.82, 2.24) is 4.08 Å². The predicted octanol–water partition coefficient (Wildman–Crippen LogP) is 1.84. The van der Waals surface area contributed by atoms with Crippen LogP contribution in [0, 0.1) is 0 Å². The summed E-state index contributed by atoms with van der Waals surface area (Å²) in [4.78, 5) is 0. The lowest BCUT2D eigenvalue weighted by atomic mass is 10.8. The Bertz CT molecular complexity index is 273. The fraction of sp³-hybridized carbons (Fsp3) is 1.00. The Morgan fingerprint density at radius 1 is 1.55 bits per heavy atom. The van der Waals surface area contributed by atoms with Gasteiger partial charge >= 0.3 is 17.2 Å². The fourth-order valence-corrected chi connectivity index (χ4v) is 2.92. The molecule has 0 amide bonds. The molecule has 0 heterocycles. The van der Waals surface area contributed by atoms with Crippen molar-refractivity contribution < 1.29 is 21.4 Å². The first-order valence-electron chi connectivity index (χ1n) is 2.41. The molecular weight excluding hydrogens is 223 g/mol. The van der Waals surface area contributed by atoms with E-state index in [1.165, 1.54) is 0 Å². The molecule has 9 heteroatoms. The van der Waals surface area contributed by atoms with Gasteiger partial charge in [0.05, 0.1) is 0 Å². The summed E-state index contributed by atoms with van der Waals surface area (Å²) >= 11 is 0. The van der Waals surface area contributed by atoms with Crippen molar-refractivity contribution in [2.75, 3.05) is 6.54 Å². The molecule has 4 nitrogen and oxygen atoms in total. The van der Waals surface area contributed by atoms with E-state index >= 15 is 0 Å². The van der Waals surface area contributed by atoms with E-state index in [-0.39, 0.29) is 0 Å². The smallest absolute Gasteiger partial charge is 0.230 e. The molecule has 0 spiro atoms. The van der Waals surface area contributed by atoms with Crippen molar-refractivity contribution in [2.45, 2.75) is 6.92 Å². The van der Waals surface area contributed by atoms with Crippen LogP contribution in [0.25, 0.3) is 0 Å². The molecular formula is C2H5ClF2NO3PS. The van der Waals surface area contributed by atoms with E-state index in [0.717, 1.165) is 6.92 Å². The van der Waals surface area contributed by atoms with Gasteiger partial charge in [-0.05, 0) is 0 Å². The van der Waals surface area contributed by atoms with Crippen LogP contribution < -0.4 is 0 Å². The lowest BCUT2D eigenvalue weighted by Gasteiger charge is -2.12. The van der Waals surface area contributed by atoms with E-state index < -0.39 is 27.8 Å². The normalized spacial score (nSPS) is 13.9. The van der Waals surface area contributed by atoms with Gasteiger partial charge in [0.25, 0.3) is 0 Å². The van der Waals surface area contributed by atoms with Crippen LogP contribution in [-0.2, 0) is 13.8 Å². The van der Waals surface area contributed by atoms with Gasteiger partial charge in [0, 0.05) is 17.2 Å². The Labute approximate surface area is 67.4 Å². The highest BCUT2D eigenvalue weighted by atomic mass is 35.7. The molecule has 68 valence electrons. The standard InChI is InChI=1S/C2H5ClF2NO3PS/c1-2-6(10(4,5)7)11(3,8)9/h2H2,1H3. The minimum absolute atomic E-state index is 0.540. The molecule has 0 fully saturated rings. The zero-order chi connectivity index (χ0) is 9.28. The number of hydrogen-bond donors (Lipinski definition) is 0. The van der Waals surface area contributed by atoms with Crippen molar-refractivity contribution in [2.24, 2.45) is 0 Å². The zero-order valence-corrected chi connectivity index (χ0v) is 7.84. The van der Waals surface area contributed by atoms with Gasteiger partial charge in [0.1, 0.15) is 0 Å². The van der Waals surface area contributed by atoms with Crippen LogP contribution in [-0.4, -0.2) is 19.0 Å². The second kappa shape index (κ2) is 3.35. The number of halogens is 3. The highest BCUT2D eigenvalue weighted by Crippen LogP contribution is 2.54. The van der Waals surface area contributed by atoms with Crippen LogP contribution in [0.1, 0.15) is 6.92 Å². The van der Waals surface area contributed by atoms with Gasteiger partial charge in [-0.15, -0.1) is 8.39 Å². The third-order valence-electron chi connectivity index (χ3n) is 0.782. The molecule has 0 aromatic rings. The predicted molar refractivity (Wildman–Crippen MR) is 37.0 cm³/mol. The van der Waals surface area contributed by atoms with Crippen molar-refractivity contribution in [3.63, 3.8) is 0 Å². The summed E-state index contributed by atoms with van der Waals surface area (Å²) in [5, 5.41) is 0. The molecule has 0 atom stereocenters. The van der Waals surface area contributed by atoms with Crippen molar-refractivity contribution in [1.29, 1.82) is 0 Å². The summed E-state index contributed by atoms with van der Waals surface area (Å²) in [6, 6.07) is 0. The van der Waals surface area contributed by atoms with E-state index in [2.05, 4.69) is 10.7 Å². The molecule has 11 heavy (non-hydrogen) atoms. The SMILES string of the molecule is CCN(P(=O)(F)F)S(=O)(=O)Cl. The molecule has 0 N–H and O–H groups in total. The lowest BCUT2D eigenvalue weighted by Crippen LogP contribution is -2.20. The molecule has 0 aliphatic rings. The summed E-state index contributed by atoms with van der Waals surface area (Å²) in [6.45, 7) is 0.488. The average molecular weight is 228 g/mol. The molecule has 0 unspecified atom stereocenters. The Morgan fingerprint density at radius 2 is 1.91 bits per heavy atom. The van der Waals surface area contributed by atoms with E-state index in [4.69, 9.17) is 0 Å². The van der Waals surface area contributed by atoms with Crippen molar-refractivity contribution in [3.8, 4) is 0 Å². The quantitative estimate of drug-likeness (QED) is 0.546. The van der Waals surface area contributed by atoms with E-state index in [1.54, 1.807) is 0 Å². The topological polar surface area (TPSA) is 54.5 Å². The molecule has 0 rings (SSSR count). The second-order valence-electron chi connectivity index (χ2n) is 1.52. The number of nitrogens with zero attached hydrogens (tertiary/aromatic N) is 1. The summed E-state index contributed by atoms with van der Waals surface area (Å²) in [6.07, 6.45) is 0. The average Bonchev–Trinajstić information content (AvgIpc) is 1.56. The van der Waals surface area contributed by atoms with E-state index in [9.17, 15) is 21.4 Å². The highest BCUT2D eigenvalue weighted by molar-refractivity contribution is 8.14. The van der Waals surface area contributed by atoms with Crippen molar-refractivity contribution >= 4 is 27.8 Å². The van der Waals surface area contributed by atoms with Gasteiger partial charge in [-0.25, -0.2) is 4.57 Å². The maximum Gasteiger partial charge on any atom is 0.497 e. The third-order valence-corrected chi connectivity index (χ3v) is 4.35. The Morgan fingerprint density at radius 3 is 1.91 bits per heavy atom. The van der Waals surface area contributed by atoms with Crippen LogP contribution in [0.3, 0.4) is 0 Å². The number of rotatable bonds is 3. The molecule has 0 aromatic carbocycles. The fourth-order valence-electron chi connectivity index (χ4n) is 0.432. The first kappa shape index (κ1) is 11.3. The summed E-state index contributed by atoms with van der Waals surface area (Å²) in [5.41, 5.74) is 0. The minimum Gasteiger partial charge on any atom is -0.230 e. The highest BCUT2D eigenvalue weighted by Gasteiger charge is 2.38. The second-order valence-corrected chi connectivity index (χ2v) is 5.57.